The lowest BCUT2D eigenvalue weighted by atomic mass is 10.4. The summed E-state index contributed by atoms with van der Waals surface area (Å²) < 4.78 is 5.48. The highest BCUT2D eigenvalue weighted by Gasteiger charge is 2.08. The molecule has 3 rings (SSSR count). The highest BCUT2D eigenvalue weighted by molar-refractivity contribution is 5.70. The molecule has 0 saturated heterocycles. The first-order valence-corrected chi connectivity index (χ1v) is 4.43. The monoisotopic (exact) mass is 198 g/mol. The van der Waals surface area contributed by atoms with Gasteiger partial charge in [-0.3, -0.25) is 0 Å². The lowest BCUT2D eigenvalue weighted by Gasteiger charge is -1.89. The quantitative estimate of drug-likeness (QED) is 0.595. The summed E-state index contributed by atoms with van der Waals surface area (Å²) in [7, 11) is 0. The lowest BCUT2D eigenvalue weighted by molar-refractivity contribution is 0.615. The van der Waals surface area contributed by atoms with Crippen molar-refractivity contribution in [3.05, 3.63) is 36.7 Å². The van der Waals surface area contributed by atoms with Crippen LogP contribution in [0.3, 0.4) is 0 Å². The van der Waals surface area contributed by atoms with Crippen molar-refractivity contribution in [2.45, 2.75) is 0 Å². The first kappa shape index (κ1) is 8.05. The summed E-state index contributed by atoms with van der Waals surface area (Å²) in [6, 6.07) is 7.19. The number of oxazole rings is 1. The summed E-state index contributed by atoms with van der Waals surface area (Å²) in [4.78, 5) is 8.28. The van der Waals surface area contributed by atoms with Crippen molar-refractivity contribution in [3.8, 4) is 11.6 Å². The standard InChI is InChI=1S/C10H6N4O/c1-3-7(14-12-6-1)10-13-9-8(15-10)4-2-5-11-9/h1-6H. The van der Waals surface area contributed by atoms with Crippen molar-refractivity contribution < 1.29 is 4.42 Å². The zero-order valence-electron chi connectivity index (χ0n) is 7.66. The molecule has 0 spiro atoms. The summed E-state index contributed by atoms with van der Waals surface area (Å²) >= 11 is 0. The van der Waals surface area contributed by atoms with E-state index in [1.54, 1.807) is 30.6 Å². The fraction of sp³-hybridized carbons (Fsp3) is 0. The average molecular weight is 198 g/mol. The Morgan fingerprint density at radius 1 is 1.07 bits per heavy atom. The fourth-order valence-electron chi connectivity index (χ4n) is 1.29. The summed E-state index contributed by atoms with van der Waals surface area (Å²) in [6.07, 6.45) is 3.27. The Morgan fingerprint density at radius 3 is 2.80 bits per heavy atom. The Morgan fingerprint density at radius 2 is 2.00 bits per heavy atom. The van der Waals surface area contributed by atoms with Gasteiger partial charge in [-0.2, -0.15) is 10.1 Å². The van der Waals surface area contributed by atoms with E-state index in [4.69, 9.17) is 4.42 Å². The van der Waals surface area contributed by atoms with Crippen LogP contribution < -0.4 is 0 Å². The number of nitrogens with zero attached hydrogens (tertiary/aromatic N) is 4. The van der Waals surface area contributed by atoms with Gasteiger partial charge in [-0.05, 0) is 24.3 Å². The van der Waals surface area contributed by atoms with Gasteiger partial charge in [-0.1, -0.05) is 0 Å². The number of aromatic nitrogens is 4. The van der Waals surface area contributed by atoms with Gasteiger partial charge in [0.25, 0.3) is 0 Å². The molecule has 0 unspecified atom stereocenters. The highest BCUT2D eigenvalue weighted by Crippen LogP contribution is 2.19. The van der Waals surface area contributed by atoms with Crippen molar-refractivity contribution >= 4 is 11.2 Å². The molecule has 0 N–H and O–H groups in total. The van der Waals surface area contributed by atoms with Crippen LogP contribution in [-0.4, -0.2) is 20.2 Å². The second-order valence-electron chi connectivity index (χ2n) is 2.95. The number of hydrogen-bond acceptors (Lipinski definition) is 5. The van der Waals surface area contributed by atoms with Crippen LogP contribution in [0.2, 0.25) is 0 Å². The highest BCUT2D eigenvalue weighted by atomic mass is 16.3. The molecule has 0 aliphatic rings. The molecule has 0 fully saturated rings. The molecule has 0 amide bonds. The van der Waals surface area contributed by atoms with Gasteiger partial charge in [0.05, 0.1) is 0 Å². The van der Waals surface area contributed by atoms with E-state index in [0.29, 0.717) is 22.8 Å². The second kappa shape index (κ2) is 3.13. The molecule has 3 aromatic heterocycles. The number of fused-ring (bicyclic) bond motifs is 1. The molecule has 0 saturated carbocycles. The Balaban J connectivity index is 2.21. The van der Waals surface area contributed by atoms with Gasteiger partial charge < -0.3 is 4.42 Å². The van der Waals surface area contributed by atoms with Crippen LogP contribution in [0, 0.1) is 0 Å². The van der Waals surface area contributed by atoms with Gasteiger partial charge in [-0.15, -0.1) is 5.10 Å². The normalized spacial score (nSPS) is 10.7. The number of rotatable bonds is 1. The minimum absolute atomic E-state index is 0.441. The van der Waals surface area contributed by atoms with Gasteiger partial charge in [0, 0.05) is 12.4 Å². The molecular formula is C10H6N4O. The third-order valence-corrected chi connectivity index (χ3v) is 1.96. The van der Waals surface area contributed by atoms with Crippen molar-refractivity contribution in [1.29, 1.82) is 0 Å². The molecular weight excluding hydrogens is 192 g/mol. The summed E-state index contributed by atoms with van der Waals surface area (Å²) in [5, 5.41) is 7.67. The molecule has 5 nitrogen and oxygen atoms in total. The maximum atomic E-state index is 5.48. The molecule has 0 radical (unpaired) electrons. The zero-order chi connectivity index (χ0) is 10.1. The molecule has 15 heavy (non-hydrogen) atoms. The topological polar surface area (TPSA) is 64.7 Å². The number of hydrogen-bond donors (Lipinski definition) is 0. The van der Waals surface area contributed by atoms with E-state index >= 15 is 0 Å². The van der Waals surface area contributed by atoms with E-state index in [2.05, 4.69) is 20.2 Å². The molecule has 0 bridgehead atoms. The maximum Gasteiger partial charge on any atom is 0.249 e. The third-order valence-electron chi connectivity index (χ3n) is 1.96. The maximum absolute atomic E-state index is 5.48. The van der Waals surface area contributed by atoms with Crippen LogP contribution in [-0.2, 0) is 0 Å². The molecule has 3 heterocycles. The molecule has 0 atom stereocenters. The second-order valence-corrected chi connectivity index (χ2v) is 2.95. The predicted molar refractivity (Wildman–Crippen MR) is 52.8 cm³/mol. The van der Waals surface area contributed by atoms with Gasteiger partial charge >= 0.3 is 0 Å². The SMILES string of the molecule is c1cnnc(-c2nc3ncccc3o2)c1. The molecule has 0 aliphatic carbocycles. The minimum Gasteiger partial charge on any atom is -0.433 e. The first-order valence-electron chi connectivity index (χ1n) is 4.43. The Kier molecular flexibility index (Phi) is 1.68. The van der Waals surface area contributed by atoms with E-state index in [1.165, 1.54) is 0 Å². The van der Waals surface area contributed by atoms with Gasteiger partial charge in [-0.25, -0.2) is 4.98 Å². The summed E-state index contributed by atoms with van der Waals surface area (Å²) in [5.74, 6) is 0.441. The fourth-order valence-corrected chi connectivity index (χ4v) is 1.29. The van der Waals surface area contributed by atoms with Crippen LogP contribution in [0.4, 0.5) is 0 Å². The van der Waals surface area contributed by atoms with Gasteiger partial charge in [0.2, 0.25) is 5.89 Å². The van der Waals surface area contributed by atoms with Crippen LogP contribution >= 0.6 is 0 Å². The van der Waals surface area contributed by atoms with Crippen LogP contribution in [0.25, 0.3) is 22.8 Å². The van der Waals surface area contributed by atoms with E-state index in [9.17, 15) is 0 Å². The summed E-state index contributed by atoms with van der Waals surface area (Å²) in [5.41, 5.74) is 1.84. The van der Waals surface area contributed by atoms with Crippen molar-refractivity contribution in [2.24, 2.45) is 0 Å². The van der Waals surface area contributed by atoms with E-state index < -0.39 is 0 Å². The molecule has 0 aromatic carbocycles. The van der Waals surface area contributed by atoms with E-state index in [0.717, 1.165) is 0 Å². The average Bonchev–Trinajstić information content (AvgIpc) is 2.74. The smallest absolute Gasteiger partial charge is 0.249 e. The van der Waals surface area contributed by atoms with Crippen LogP contribution in [0.15, 0.2) is 41.1 Å². The third kappa shape index (κ3) is 1.34. The van der Waals surface area contributed by atoms with Gasteiger partial charge in [0.15, 0.2) is 11.2 Å². The van der Waals surface area contributed by atoms with Crippen molar-refractivity contribution in [3.63, 3.8) is 0 Å². The van der Waals surface area contributed by atoms with Crippen LogP contribution in [0.5, 0.6) is 0 Å². The summed E-state index contributed by atoms with van der Waals surface area (Å²) in [6.45, 7) is 0. The van der Waals surface area contributed by atoms with E-state index in [-0.39, 0.29) is 0 Å². The van der Waals surface area contributed by atoms with Gasteiger partial charge in [0.1, 0.15) is 5.69 Å². The lowest BCUT2D eigenvalue weighted by Crippen LogP contribution is -1.84. The Bertz CT molecular complexity index is 557. The predicted octanol–water partition coefficient (Wildman–Crippen LogP) is 1.68. The molecule has 72 valence electrons. The minimum atomic E-state index is 0.441. The Labute approximate surface area is 84.8 Å². The largest absolute Gasteiger partial charge is 0.433 e. The zero-order valence-corrected chi connectivity index (χ0v) is 7.66. The molecule has 0 aliphatic heterocycles. The van der Waals surface area contributed by atoms with Crippen molar-refractivity contribution in [1.82, 2.24) is 20.2 Å². The Hall–Kier alpha value is -2.30. The number of pyridine rings is 1. The molecule has 3 aromatic rings. The van der Waals surface area contributed by atoms with E-state index in [1.807, 2.05) is 6.07 Å². The molecule has 5 heteroatoms. The van der Waals surface area contributed by atoms with Crippen LogP contribution in [0.1, 0.15) is 0 Å². The first-order chi connectivity index (χ1) is 7.43. The van der Waals surface area contributed by atoms with Crippen molar-refractivity contribution in [2.75, 3.05) is 0 Å².